The summed E-state index contributed by atoms with van der Waals surface area (Å²) in [6, 6.07) is 29.1. The molecule has 0 radical (unpaired) electrons. The van der Waals surface area contributed by atoms with Crippen molar-refractivity contribution in [2.45, 2.75) is 12.8 Å². The van der Waals surface area contributed by atoms with E-state index in [1.807, 2.05) is 61.2 Å². The topological polar surface area (TPSA) is 144 Å². The van der Waals surface area contributed by atoms with E-state index < -0.39 is 27.2 Å². The second kappa shape index (κ2) is 14.3. The number of pyridine rings is 2. The van der Waals surface area contributed by atoms with Crippen LogP contribution in [0.4, 0.5) is 0 Å². The van der Waals surface area contributed by atoms with Crippen LogP contribution in [0.1, 0.15) is 22.3 Å². The van der Waals surface area contributed by atoms with E-state index in [2.05, 4.69) is 61.3 Å². The van der Waals surface area contributed by atoms with Crippen LogP contribution in [0.3, 0.4) is 0 Å². The average Bonchev–Trinajstić information content (AvgIpc) is 2.80. The van der Waals surface area contributed by atoms with E-state index in [9.17, 15) is 15.2 Å². The fourth-order valence-corrected chi connectivity index (χ4v) is 4.51. The standard InChI is InChI=1S/2C12H11N.2Cr.2H2O.5O/c2*1-2-4-11(5-3-1)10-12-6-8-13-9-7-12;;;;;;;;;/h2*1-9H,10H2;;;2*1H2;;;;;/q;;2*+1;;;;;;;/p-2. The molecule has 0 atom stereocenters. The van der Waals surface area contributed by atoms with E-state index in [4.69, 9.17) is 8.32 Å². The van der Waals surface area contributed by atoms with Crippen LogP contribution in [0.15, 0.2) is 110 Å². The first-order valence-corrected chi connectivity index (χ1v) is 14.4. The minimum atomic E-state index is -5.76. The van der Waals surface area contributed by atoms with Crippen molar-refractivity contribution in [3.63, 3.8) is 0 Å². The van der Waals surface area contributed by atoms with Crippen LogP contribution in [0.5, 0.6) is 0 Å². The molecule has 4 aromatic rings. The number of hydrogen-bond donors (Lipinski definition) is 2. The van der Waals surface area contributed by atoms with Crippen LogP contribution < -0.4 is 0 Å². The minimum absolute atomic E-state index is 0.989. The van der Waals surface area contributed by atoms with Gasteiger partial charge in [-0.05, 0) is 59.4 Å². The zero-order valence-corrected chi connectivity index (χ0v) is 21.0. The summed E-state index contributed by atoms with van der Waals surface area (Å²) in [5.74, 6) is 0. The maximum absolute atomic E-state index is 9.53. The van der Waals surface area contributed by atoms with Crippen molar-refractivity contribution in [1.82, 2.24) is 9.97 Å². The van der Waals surface area contributed by atoms with Crippen LogP contribution in [0.25, 0.3) is 0 Å². The van der Waals surface area contributed by atoms with Crippen molar-refractivity contribution >= 4 is 0 Å². The normalized spacial score (nSPS) is 10.8. The maximum Gasteiger partial charge on any atom is 0.0270 e. The smallest absolute Gasteiger partial charge is 0.0270 e. The van der Waals surface area contributed by atoms with Gasteiger partial charge in [-0.1, -0.05) is 60.7 Å². The molecule has 0 amide bonds. The molecule has 2 aromatic carbocycles. The third kappa shape index (κ3) is 14.0. The molecule has 2 N–H and O–H groups in total. The van der Waals surface area contributed by atoms with Crippen molar-refractivity contribution in [3.8, 4) is 0 Å². The first-order valence-electron chi connectivity index (χ1n) is 10.1. The van der Waals surface area contributed by atoms with E-state index in [0.29, 0.717) is 0 Å². The summed E-state index contributed by atoms with van der Waals surface area (Å²) in [7, 11) is 0. The quantitative estimate of drug-likeness (QED) is 0.363. The summed E-state index contributed by atoms with van der Waals surface area (Å²) < 4.78 is 56.3. The second-order valence-electron chi connectivity index (χ2n) is 6.96. The average molecular weight is 556 g/mol. The van der Waals surface area contributed by atoms with Gasteiger partial charge in [0, 0.05) is 24.8 Å². The summed E-state index contributed by atoms with van der Waals surface area (Å²) in [5.41, 5.74) is 5.30. The van der Waals surface area contributed by atoms with Gasteiger partial charge in [0.1, 0.15) is 0 Å². The zero-order chi connectivity index (χ0) is 25.6. The molecular formula is C24H24Cr2N2O7. The van der Waals surface area contributed by atoms with Gasteiger partial charge in [-0.15, -0.1) is 0 Å². The van der Waals surface area contributed by atoms with Gasteiger partial charge in [0.2, 0.25) is 0 Å². The van der Waals surface area contributed by atoms with Crippen LogP contribution in [-0.2, 0) is 58.1 Å². The summed E-state index contributed by atoms with van der Waals surface area (Å²) in [5, 5.41) is 0. The Labute approximate surface area is 207 Å². The van der Waals surface area contributed by atoms with E-state index in [1.165, 1.54) is 22.3 Å². The molecule has 0 unspecified atom stereocenters. The van der Waals surface area contributed by atoms with Crippen molar-refractivity contribution in [1.29, 1.82) is 0 Å². The van der Waals surface area contributed by atoms with Gasteiger partial charge in [0.15, 0.2) is 0 Å². The van der Waals surface area contributed by atoms with Crippen molar-refractivity contribution in [3.05, 3.63) is 132 Å². The number of rotatable bonds is 6. The largest absolute Gasteiger partial charge is 0.265 e. The van der Waals surface area contributed by atoms with Crippen molar-refractivity contribution in [2.24, 2.45) is 0 Å². The van der Waals surface area contributed by atoms with E-state index in [-0.39, 0.29) is 0 Å². The Balaban J connectivity index is 0.000000190. The number of aromatic nitrogens is 2. The van der Waals surface area contributed by atoms with Gasteiger partial charge in [-0.2, -0.15) is 0 Å². The molecule has 0 aliphatic carbocycles. The summed E-state index contributed by atoms with van der Waals surface area (Å²) in [6.45, 7) is 0. The second-order valence-corrected chi connectivity index (χ2v) is 10.7. The molecule has 0 bridgehead atoms. The van der Waals surface area contributed by atoms with Gasteiger partial charge in [-0.25, -0.2) is 0 Å². The molecule has 35 heavy (non-hydrogen) atoms. The molecule has 2 heterocycles. The number of hydrogen-bond acceptors (Lipinski definition) is 7. The molecule has 0 saturated carbocycles. The Morgan fingerprint density at radius 2 is 0.800 bits per heavy atom. The van der Waals surface area contributed by atoms with E-state index in [1.54, 1.807) is 0 Å². The van der Waals surface area contributed by atoms with E-state index >= 15 is 0 Å². The molecule has 4 rings (SSSR count). The number of nitrogens with zero attached hydrogens (tertiary/aromatic N) is 2. The summed E-state index contributed by atoms with van der Waals surface area (Å²) in [6.07, 6.45) is 9.31. The Kier molecular flexibility index (Phi) is 11.5. The van der Waals surface area contributed by atoms with Gasteiger partial charge in [0.25, 0.3) is 0 Å². The predicted octanol–water partition coefficient (Wildman–Crippen LogP) is 3.68. The molecule has 0 aliphatic rings. The Bertz CT molecular complexity index is 1160. The van der Waals surface area contributed by atoms with Crippen molar-refractivity contribution in [2.75, 3.05) is 0 Å². The first kappa shape index (κ1) is 28.1. The van der Waals surface area contributed by atoms with Gasteiger partial charge in [0.05, 0.1) is 0 Å². The fourth-order valence-electron chi connectivity index (χ4n) is 2.77. The predicted molar refractivity (Wildman–Crippen MR) is 115 cm³/mol. The fraction of sp³-hybridized carbons (Fsp3) is 0.0833. The van der Waals surface area contributed by atoms with Gasteiger partial charge < -0.3 is 0 Å². The van der Waals surface area contributed by atoms with Crippen molar-refractivity contribution < 1.29 is 53.6 Å². The molecular weight excluding hydrogens is 532 g/mol. The van der Waals surface area contributed by atoms with Crippen LogP contribution in [-0.4, -0.2) is 18.3 Å². The Hall–Kier alpha value is -3.12. The zero-order valence-electron chi connectivity index (χ0n) is 18.5. The van der Waals surface area contributed by atoms with E-state index in [0.717, 1.165) is 12.8 Å². The third-order valence-electron chi connectivity index (χ3n) is 4.17. The molecule has 2 aromatic heterocycles. The van der Waals surface area contributed by atoms with Gasteiger partial charge >= 0.3 is 53.6 Å². The molecule has 184 valence electrons. The van der Waals surface area contributed by atoms with Crippen LogP contribution >= 0.6 is 0 Å². The third-order valence-corrected chi connectivity index (χ3v) is 6.92. The number of benzene rings is 2. The minimum Gasteiger partial charge on any atom is -0.265 e. The SMILES string of the molecule is [O]=[Cr](=[O])([OH])[O][Cr](=[O])(=[O])[OH].c1ccc(Cc2ccncc2)cc1.c1ccc(Cc2ccncc2)cc1. The maximum atomic E-state index is 9.53. The monoisotopic (exact) mass is 556 g/mol. The summed E-state index contributed by atoms with van der Waals surface area (Å²) >= 11 is -11.5. The molecule has 11 heteroatoms. The Morgan fingerprint density at radius 3 is 1.06 bits per heavy atom. The Morgan fingerprint density at radius 1 is 0.514 bits per heavy atom. The summed E-state index contributed by atoms with van der Waals surface area (Å²) in [4.78, 5) is 7.97. The van der Waals surface area contributed by atoms with Gasteiger partial charge in [-0.3, -0.25) is 9.97 Å². The molecule has 0 fully saturated rings. The first-order chi connectivity index (χ1) is 16.6. The molecule has 9 nitrogen and oxygen atoms in total. The van der Waals surface area contributed by atoms with Crippen LogP contribution in [0, 0.1) is 0 Å². The molecule has 0 aliphatic heterocycles. The molecule has 0 spiro atoms. The molecule has 0 saturated heterocycles. The van der Waals surface area contributed by atoms with Crippen LogP contribution in [0.2, 0.25) is 0 Å².